The van der Waals surface area contributed by atoms with Crippen LogP contribution in [0.25, 0.3) is 0 Å². The molecule has 1 heterocycles. The Bertz CT molecular complexity index is 766. The van der Waals surface area contributed by atoms with E-state index in [1.807, 2.05) is 30.3 Å². The van der Waals surface area contributed by atoms with Gasteiger partial charge in [-0.3, -0.25) is 9.59 Å². The number of hydrogen-bond acceptors (Lipinski definition) is 3. The van der Waals surface area contributed by atoms with E-state index in [1.165, 1.54) is 0 Å². The highest BCUT2D eigenvalue weighted by Crippen LogP contribution is 2.28. The Labute approximate surface area is 151 Å². The molecule has 3 N–H and O–H groups in total. The van der Waals surface area contributed by atoms with Gasteiger partial charge in [-0.2, -0.15) is 0 Å². The van der Waals surface area contributed by atoms with Crippen LogP contribution in [0.4, 0.5) is 5.69 Å². The highest BCUT2D eigenvalue weighted by atomic mass is 35.5. The number of hydrogen-bond donors (Lipinski definition) is 2. The molecule has 6 heteroatoms. The number of benzene rings is 2. The number of halogens is 1. The lowest BCUT2D eigenvalue weighted by Crippen LogP contribution is -2.54. The first-order valence-electron chi connectivity index (χ1n) is 8.24. The van der Waals surface area contributed by atoms with E-state index >= 15 is 0 Å². The summed E-state index contributed by atoms with van der Waals surface area (Å²) in [7, 11) is 0. The standard InChI is InChI=1S/C19H20ClN3O2/c20-14-9-4-5-11-16(14)23-12-6-10-15(19(23)25)22-18(24)17(21)13-7-2-1-3-8-13/h1-5,7-9,11,15,17H,6,10,12,21H2,(H,22,24). The summed E-state index contributed by atoms with van der Waals surface area (Å²) in [6, 6.07) is 14.9. The molecule has 2 atom stereocenters. The van der Waals surface area contributed by atoms with Crippen LogP contribution < -0.4 is 16.0 Å². The lowest BCUT2D eigenvalue weighted by Gasteiger charge is -2.33. The third-order valence-electron chi connectivity index (χ3n) is 4.34. The minimum absolute atomic E-state index is 0.159. The van der Waals surface area contributed by atoms with E-state index in [9.17, 15) is 9.59 Å². The van der Waals surface area contributed by atoms with E-state index in [2.05, 4.69) is 5.32 Å². The van der Waals surface area contributed by atoms with Crippen molar-refractivity contribution < 1.29 is 9.59 Å². The van der Waals surface area contributed by atoms with Gasteiger partial charge in [0.15, 0.2) is 0 Å². The number of amides is 2. The number of piperidine rings is 1. The maximum absolute atomic E-state index is 12.8. The maximum Gasteiger partial charge on any atom is 0.249 e. The monoisotopic (exact) mass is 357 g/mol. The Morgan fingerprint density at radius 1 is 1.16 bits per heavy atom. The van der Waals surface area contributed by atoms with Gasteiger partial charge in [-0.05, 0) is 30.5 Å². The van der Waals surface area contributed by atoms with Gasteiger partial charge in [-0.15, -0.1) is 0 Å². The van der Waals surface area contributed by atoms with Gasteiger partial charge >= 0.3 is 0 Å². The van der Waals surface area contributed by atoms with Crippen molar-refractivity contribution in [3.8, 4) is 0 Å². The van der Waals surface area contributed by atoms with Gasteiger partial charge in [0, 0.05) is 6.54 Å². The smallest absolute Gasteiger partial charge is 0.249 e. The van der Waals surface area contributed by atoms with Crippen molar-refractivity contribution >= 4 is 29.1 Å². The molecule has 0 spiro atoms. The number of rotatable bonds is 4. The topological polar surface area (TPSA) is 75.4 Å². The molecule has 2 unspecified atom stereocenters. The molecule has 5 nitrogen and oxygen atoms in total. The third kappa shape index (κ3) is 3.83. The zero-order valence-corrected chi connectivity index (χ0v) is 14.4. The van der Waals surface area contributed by atoms with E-state index in [-0.39, 0.29) is 11.8 Å². The van der Waals surface area contributed by atoms with Gasteiger partial charge in [-0.1, -0.05) is 54.1 Å². The summed E-state index contributed by atoms with van der Waals surface area (Å²) >= 11 is 6.21. The first-order valence-corrected chi connectivity index (χ1v) is 8.62. The minimum Gasteiger partial charge on any atom is -0.343 e. The van der Waals surface area contributed by atoms with Crippen molar-refractivity contribution in [2.24, 2.45) is 5.73 Å². The summed E-state index contributed by atoms with van der Waals surface area (Å²) in [6.45, 7) is 0.583. The van der Waals surface area contributed by atoms with Crippen molar-refractivity contribution in [2.45, 2.75) is 24.9 Å². The molecule has 0 aromatic heterocycles. The van der Waals surface area contributed by atoms with Crippen LogP contribution in [0.5, 0.6) is 0 Å². The van der Waals surface area contributed by atoms with Crippen LogP contribution >= 0.6 is 11.6 Å². The van der Waals surface area contributed by atoms with Crippen LogP contribution in [0.3, 0.4) is 0 Å². The molecule has 1 aliphatic rings. The number of nitrogens with zero attached hydrogens (tertiary/aromatic N) is 1. The fraction of sp³-hybridized carbons (Fsp3) is 0.263. The quantitative estimate of drug-likeness (QED) is 0.883. The van der Waals surface area contributed by atoms with Crippen molar-refractivity contribution in [1.29, 1.82) is 0 Å². The SMILES string of the molecule is NC(C(=O)NC1CCCN(c2ccccc2Cl)C1=O)c1ccccc1. The van der Waals surface area contributed by atoms with E-state index in [0.717, 1.165) is 6.42 Å². The second kappa shape index (κ2) is 7.68. The van der Waals surface area contributed by atoms with Crippen LogP contribution in [-0.2, 0) is 9.59 Å². The summed E-state index contributed by atoms with van der Waals surface area (Å²) < 4.78 is 0. The van der Waals surface area contributed by atoms with Crippen LogP contribution in [0.2, 0.25) is 5.02 Å². The minimum atomic E-state index is -0.801. The molecule has 0 aliphatic carbocycles. The molecule has 0 saturated carbocycles. The maximum atomic E-state index is 12.8. The van der Waals surface area contributed by atoms with Crippen molar-refractivity contribution in [2.75, 3.05) is 11.4 Å². The fourth-order valence-corrected chi connectivity index (χ4v) is 3.23. The van der Waals surface area contributed by atoms with Gasteiger partial charge in [0.25, 0.3) is 0 Å². The number of anilines is 1. The Morgan fingerprint density at radius 3 is 2.56 bits per heavy atom. The van der Waals surface area contributed by atoms with E-state index < -0.39 is 12.1 Å². The fourth-order valence-electron chi connectivity index (χ4n) is 2.99. The molecule has 25 heavy (non-hydrogen) atoms. The Balaban J connectivity index is 1.71. The molecule has 0 radical (unpaired) electrons. The second-order valence-corrected chi connectivity index (χ2v) is 6.44. The number of carbonyl (C=O) groups excluding carboxylic acids is 2. The lowest BCUT2D eigenvalue weighted by atomic mass is 10.0. The van der Waals surface area contributed by atoms with E-state index in [4.69, 9.17) is 17.3 Å². The zero-order valence-electron chi connectivity index (χ0n) is 13.7. The van der Waals surface area contributed by atoms with Crippen molar-refractivity contribution in [3.05, 3.63) is 65.2 Å². The van der Waals surface area contributed by atoms with E-state index in [0.29, 0.717) is 29.2 Å². The average Bonchev–Trinajstić information content (AvgIpc) is 2.64. The molecule has 2 aromatic rings. The first-order chi connectivity index (χ1) is 12.1. The largest absolute Gasteiger partial charge is 0.343 e. The van der Waals surface area contributed by atoms with Crippen LogP contribution in [0, 0.1) is 0 Å². The number of nitrogens with one attached hydrogen (secondary N) is 1. The lowest BCUT2D eigenvalue weighted by molar-refractivity contribution is -0.129. The van der Waals surface area contributed by atoms with Crippen molar-refractivity contribution in [3.63, 3.8) is 0 Å². The predicted octanol–water partition coefficient (Wildman–Crippen LogP) is 2.65. The molecule has 1 saturated heterocycles. The average molecular weight is 358 g/mol. The van der Waals surface area contributed by atoms with Crippen molar-refractivity contribution in [1.82, 2.24) is 5.32 Å². The molecule has 1 fully saturated rings. The number of nitrogens with two attached hydrogens (primary N) is 1. The molecule has 130 valence electrons. The molecule has 2 aromatic carbocycles. The normalized spacial score (nSPS) is 18.7. The Hall–Kier alpha value is -2.37. The van der Waals surface area contributed by atoms with Crippen LogP contribution in [-0.4, -0.2) is 24.4 Å². The van der Waals surface area contributed by atoms with Gasteiger partial charge in [0.1, 0.15) is 12.1 Å². The zero-order chi connectivity index (χ0) is 17.8. The highest BCUT2D eigenvalue weighted by Gasteiger charge is 2.32. The van der Waals surface area contributed by atoms with Crippen LogP contribution in [0.1, 0.15) is 24.4 Å². The highest BCUT2D eigenvalue weighted by molar-refractivity contribution is 6.33. The molecular formula is C19H20ClN3O2. The Kier molecular flexibility index (Phi) is 5.36. The van der Waals surface area contributed by atoms with Gasteiger partial charge < -0.3 is 16.0 Å². The molecule has 2 amide bonds. The van der Waals surface area contributed by atoms with Gasteiger partial charge in [0.2, 0.25) is 11.8 Å². The molecule has 3 rings (SSSR count). The summed E-state index contributed by atoms with van der Waals surface area (Å²) in [5.74, 6) is -0.515. The summed E-state index contributed by atoms with van der Waals surface area (Å²) in [5, 5.41) is 3.31. The second-order valence-electron chi connectivity index (χ2n) is 6.03. The third-order valence-corrected chi connectivity index (χ3v) is 4.66. The predicted molar refractivity (Wildman–Crippen MR) is 98.3 cm³/mol. The summed E-state index contributed by atoms with van der Waals surface area (Å²) in [4.78, 5) is 26.8. The van der Waals surface area contributed by atoms with Gasteiger partial charge in [-0.25, -0.2) is 0 Å². The Morgan fingerprint density at radius 2 is 1.84 bits per heavy atom. The number of para-hydroxylation sites is 1. The molecule has 1 aliphatic heterocycles. The molecular weight excluding hydrogens is 338 g/mol. The number of carbonyl (C=O) groups is 2. The van der Waals surface area contributed by atoms with Crippen LogP contribution in [0.15, 0.2) is 54.6 Å². The van der Waals surface area contributed by atoms with E-state index in [1.54, 1.807) is 29.2 Å². The summed E-state index contributed by atoms with van der Waals surface area (Å²) in [5.41, 5.74) is 7.39. The van der Waals surface area contributed by atoms with Gasteiger partial charge in [0.05, 0.1) is 10.7 Å². The molecule has 0 bridgehead atoms. The first kappa shape index (κ1) is 17.5. The summed E-state index contributed by atoms with van der Waals surface area (Å²) in [6.07, 6.45) is 1.37.